The monoisotopic (exact) mass is 391 g/mol. The predicted octanol–water partition coefficient (Wildman–Crippen LogP) is 8.03. The lowest BCUT2D eigenvalue weighted by Crippen LogP contribution is -1.99. The highest BCUT2D eigenvalue weighted by Gasteiger charge is 2.24. The van der Waals surface area contributed by atoms with Crippen molar-refractivity contribution in [2.75, 3.05) is 0 Å². The molecule has 3 aromatic carbocycles. The number of aryl methyl sites for hydroxylation is 1. The Bertz CT molecular complexity index is 1280. The molecule has 5 rings (SSSR count). The Balaban J connectivity index is 1.83. The molecule has 1 heteroatoms. The minimum absolute atomic E-state index is 0.480. The molecule has 1 aliphatic rings. The van der Waals surface area contributed by atoms with Crippen LogP contribution in [0.15, 0.2) is 60.8 Å². The molecule has 1 aliphatic carbocycles. The lowest BCUT2D eigenvalue weighted by Gasteiger charge is -2.18. The average molecular weight is 392 g/mol. The first kappa shape index (κ1) is 19.1. The smallest absolute Gasteiger partial charge is 0.0783 e. The van der Waals surface area contributed by atoms with Crippen LogP contribution in [0.5, 0.6) is 0 Å². The summed E-state index contributed by atoms with van der Waals surface area (Å²) in [7, 11) is 0. The first-order valence-electron chi connectivity index (χ1n) is 11.1. The summed E-state index contributed by atoms with van der Waals surface area (Å²) in [6.07, 6.45) is 2.98. The SMILES string of the molecule is Cc1cc2c(c(-c3nccc4c(C(C)C)cc(C(C)C)cc34)c1)Cc1ccccc1-2. The van der Waals surface area contributed by atoms with Crippen LogP contribution in [0, 0.1) is 6.92 Å². The van der Waals surface area contributed by atoms with Gasteiger partial charge in [-0.05, 0) is 87.7 Å². The number of rotatable bonds is 3. The Morgan fingerprint density at radius 1 is 0.767 bits per heavy atom. The molecule has 0 fully saturated rings. The van der Waals surface area contributed by atoms with Gasteiger partial charge in [0.05, 0.1) is 5.69 Å². The van der Waals surface area contributed by atoms with Crippen LogP contribution in [0.3, 0.4) is 0 Å². The molecule has 0 unspecified atom stereocenters. The summed E-state index contributed by atoms with van der Waals surface area (Å²) in [6, 6.07) is 20.5. The van der Waals surface area contributed by atoms with E-state index in [1.165, 1.54) is 55.3 Å². The van der Waals surface area contributed by atoms with Crippen molar-refractivity contribution in [2.24, 2.45) is 0 Å². The fraction of sp³-hybridized carbons (Fsp3) is 0.276. The van der Waals surface area contributed by atoms with Crippen molar-refractivity contribution in [3.8, 4) is 22.4 Å². The summed E-state index contributed by atoms with van der Waals surface area (Å²) < 4.78 is 0. The van der Waals surface area contributed by atoms with Crippen molar-refractivity contribution < 1.29 is 0 Å². The lowest BCUT2D eigenvalue weighted by molar-refractivity contribution is 0.841. The van der Waals surface area contributed by atoms with Crippen molar-refractivity contribution in [2.45, 2.75) is 52.9 Å². The van der Waals surface area contributed by atoms with Gasteiger partial charge in [-0.3, -0.25) is 4.98 Å². The Morgan fingerprint density at radius 2 is 1.53 bits per heavy atom. The number of fused-ring (bicyclic) bond motifs is 4. The van der Waals surface area contributed by atoms with Gasteiger partial charge in [-0.15, -0.1) is 0 Å². The van der Waals surface area contributed by atoms with E-state index in [0.717, 1.165) is 12.1 Å². The van der Waals surface area contributed by atoms with E-state index in [1.807, 2.05) is 6.20 Å². The third-order valence-corrected chi connectivity index (χ3v) is 6.55. The van der Waals surface area contributed by atoms with E-state index in [1.54, 1.807) is 0 Å². The predicted molar refractivity (Wildman–Crippen MR) is 128 cm³/mol. The van der Waals surface area contributed by atoms with Gasteiger partial charge in [0.2, 0.25) is 0 Å². The molecular weight excluding hydrogens is 362 g/mol. The minimum atomic E-state index is 0.480. The average Bonchev–Trinajstić information content (AvgIpc) is 3.10. The molecule has 0 radical (unpaired) electrons. The fourth-order valence-electron chi connectivity index (χ4n) is 4.95. The highest BCUT2D eigenvalue weighted by molar-refractivity contribution is 5.99. The second kappa shape index (κ2) is 7.09. The second-order valence-corrected chi connectivity index (χ2v) is 9.35. The maximum absolute atomic E-state index is 4.96. The van der Waals surface area contributed by atoms with E-state index < -0.39 is 0 Å². The molecule has 0 saturated carbocycles. The molecule has 0 spiro atoms. The molecule has 150 valence electrons. The first-order chi connectivity index (χ1) is 14.4. The van der Waals surface area contributed by atoms with E-state index in [2.05, 4.69) is 89.2 Å². The molecule has 0 bridgehead atoms. The maximum Gasteiger partial charge on any atom is 0.0783 e. The van der Waals surface area contributed by atoms with Gasteiger partial charge < -0.3 is 0 Å². The van der Waals surface area contributed by atoms with Crippen molar-refractivity contribution in [3.63, 3.8) is 0 Å². The van der Waals surface area contributed by atoms with Crippen LogP contribution >= 0.6 is 0 Å². The lowest BCUT2D eigenvalue weighted by atomic mass is 9.87. The van der Waals surface area contributed by atoms with Gasteiger partial charge in [0, 0.05) is 17.1 Å². The van der Waals surface area contributed by atoms with Crippen LogP contribution in [0.4, 0.5) is 0 Å². The Hall–Kier alpha value is -2.93. The van der Waals surface area contributed by atoms with Gasteiger partial charge in [-0.1, -0.05) is 64.1 Å². The van der Waals surface area contributed by atoms with Gasteiger partial charge in [0.1, 0.15) is 0 Å². The van der Waals surface area contributed by atoms with Crippen LogP contribution in [0.2, 0.25) is 0 Å². The number of nitrogens with zero attached hydrogens (tertiary/aromatic N) is 1. The number of hydrogen-bond acceptors (Lipinski definition) is 1. The van der Waals surface area contributed by atoms with Crippen LogP contribution < -0.4 is 0 Å². The van der Waals surface area contributed by atoms with Crippen molar-refractivity contribution in [1.29, 1.82) is 0 Å². The molecule has 4 aromatic rings. The van der Waals surface area contributed by atoms with Crippen LogP contribution in [0.25, 0.3) is 33.2 Å². The standard InChI is InChI=1S/C29H29N/c1-17(2)21-15-24(18(3)4)23-10-11-30-29(28(23)16-21)27-13-19(5)12-25-22-9-7-6-8-20(22)14-26(25)27/h6-13,15-18H,14H2,1-5H3. The number of aromatic nitrogens is 1. The molecular formula is C29H29N. The van der Waals surface area contributed by atoms with E-state index in [0.29, 0.717) is 11.8 Å². The summed E-state index contributed by atoms with van der Waals surface area (Å²) in [5, 5.41) is 2.63. The zero-order valence-electron chi connectivity index (χ0n) is 18.6. The largest absolute Gasteiger partial charge is 0.256 e. The van der Waals surface area contributed by atoms with Crippen LogP contribution in [-0.4, -0.2) is 4.98 Å². The first-order valence-corrected chi connectivity index (χ1v) is 11.1. The number of pyridine rings is 1. The second-order valence-electron chi connectivity index (χ2n) is 9.35. The fourth-order valence-corrected chi connectivity index (χ4v) is 4.95. The van der Waals surface area contributed by atoms with E-state index in [-0.39, 0.29) is 0 Å². The Morgan fingerprint density at radius 3 is 2.30 bits per heavy atom. The van der Waals surface area contributed by atoms with Gasteiger partial charge in [-0.25, -0.2) is 0 Å². The summed E-state index contributed by atoms with van der Waals surface area (Å²) in [5.74, 6) is 0.973. The molecule has 0 aliphatic heterocycles. The van der Waals surface area contributed by atoms with E-state index in [4.69, 9.17) is 4.98 Å². The van der Waals surface area contributed by atoms with E-state index >= 15 is 0 Å². The van der Waals surface area contributed by atoms with Crippen LogP contribution in [-0.2, 0) is 6.42 Å². The van der Waals surface area contributed by atoms with Crippen molar-refractivity contribution in [1.82, 2.24) is 4.98 Å². The molecule has 0 amide bonds. The molecule has 0 saturated heterocycles. The third-order valence-electron chi connectivity index (χ3n) is 6.55. The molecule has 1 aromatic heterocycles. The number of benzene rings is 3. The third kappa shape index (κ3) is 2.96. The molecule has 1 heterocycles. The molecule has 0 atom stereocenters. The highest BCUT2D eigenvalue weighted by atomic mass is 14.7. The van der Waals surface area contributed by atoms with E-state index in [9.17, 15) is 0 Å². The van der Waals surface area contributed by atoms with Gasteiger partial charge in [0.15, 0.2) is 0 Å². The van der Waals surface area contributed by atoms with Crippen molar-refractivity contribution in [3.05, 3.63) is 88.6 Å². The van der Waals surface area contributed by atoms with Gasteiger partial charge in [-0.2, -0.15) is 0 Å². The molecule has 30 heavy (non-hydrogen) atoms. The topological polar surface area (TPSA) is 12.9 Å². The zero-order chi connectivity index (χ0) is 21.0. The normalized spacial score (nSPS) is 12.6. The summed E-state index contributed by atoms with van der Waals surface area (Å²) in [5.41, 5.74) is 12.1. The molecule has 1 nitrogen and oxygen atoms in total. The van der Waals surface area contributed by atoms with Crippen LogP contribution in [0.1, 0.15) is 67.3 Å². The summed E-state index contributed by atoms with van der Waals surface area (Å²) in [4.78, 5) is 4.96. The minimum Gasteiger partial charge on any atom is -0.256 e. The zero-order valence-corrected chi connectivity index (χ0v) is 18.6. The molecule has 0 N–H and O–H groups in total. The maximum atomic E-state index is 4.96. The number of hydrogen-bond donors (Lipinski definition) is 0. The summed E-state index contributed by atoms with van der Waals surface area (Å²) >= 11 is 0. The van der Waals surface area contributed by atoms with Crippen molar-refractivity contribution >= 4 is 10.8 Å². The summed E-state index contributed by atoms with van der Waals surface area (Å²) in [6.45, 7) is 11.3. The van der Waals surface area contributed by atoms with Gasteiger partial charge in [0.25, 0.3) is 0 Å². The highest BCUT2D eigenvalue weighted by Crippen LogP contribution is 2.44. The van der Waals surface area contributed by atoms with Gasteiger partial charge >= 0.3 is 0 Å². The quantitative estimate of drug-likeness (QED) is 0.303. The Kier molecular flexibility index (Phi) is 4.50. The Labute approximate surface area is 179 Å².